The van der Waals surface area contributed by atoms with E-state index in [-0.39, 0.29) is 29.1 Å². The van der Waals surface area contributed by atoms with Crippen LogP contribution in [0.15, 0.2) is 102 Å². The van der Waals surface area contributed by atoms with Crippen LogP contribution < -0.4 is 15.0 Å². The summed E-state index contributed by atoms with van der Waals surface area (Å²) in [5, 5.41) is 11.7. The molecule has 1 heterocycles. The molecule has 0 N–H and O–H groups in total. The van der Waals surface area contributed by atoms with Crippen LogP contribution in [0, 0.1) is 10.1 Å². The van der Waals surface area contributed by atoms with Gasteiger partial charge in [0.25, 0.3) is 11.2 Å². The highest BCUT2D eigenvalue weighted by Crippen LogP contribution is 2.30. The molecule has 8 heteroatoms. The van der Waals surface area contributed by atoms with E-state index in [4.69, 9.17) is 14.5 Å². The first-order chi connectivity index (χ1) is 19.0. The van der Waals surface area contributed by atoms with Crippen molar-refractivity contribution in [2.45, 2.75) is 18.9 Å². The third-order valence-electron chi connectivity index (χ3n) is 6.74. The van der Waals surface area contributed by atoms with Crippen LogP contribution >= 0.6 is 0 Å². The van der Waals surface area contributed by atoms with E-state index in [0.717, 1.165) is 22.4 Å². The zero-order valence-electron chi connectivity index (χ0n) is 21.6. The third-order valence-corrected chi connectivity index (χ3v) is 6.74. The highest BCUT2D eigenvalue weighted by atomic mass is 16.6. The highest BCUT2D eigenvalue weighted by Gasteiger charge is 2.24. The van der Waals surface area contributed by atoms with Gasteiger partial charge in [-0.05, 0) is 53.4 Å². The lowest BCUT2D eigenvalue weighted by molar-refractivity contribution is -0.384. The number of hydrogen-bond donors (Lipinski definition) is 0. The Morgan fingerprint density at radius 2 is 1.51 bits per heavy atom. The lowest BCUT2D eigenvalue weighted by Crippen LogP contribution is -2.28. The molecule has 0 saturated carbocycles. The molecular formula is C31H27N3O5. The van der Waals surface area contributed by atoms with Gasteiger partial charge in [0.05, 0.1) is 36.6 Å². The molecule has 5 rings (SSSR count). The van der Waals surface area contributed by atoms with E-state index in [0.29, 0.717) is 23.5 Å². The van der Waals surface area contributed by atoms with Gasteiger partial charge in [0.15, 0.2) is 0 Å². The van der Waals surface area contributed by atoms with Crippen molar-refractivity contribution in [3.8, 4) is 11.5 Å². The lowest BCUT2D eigenvalue weighted by Gasteiger charge is -2.23. The zero-order chi connectivity index (χ0) is 27.4. The van der Waals surface area contributed by atoms with E-state index in [1.807, 2.05) is 78.9 Å². The van der Waals surface area contributed by atoms with Crippen LogP contribution in [0.5, 0.6) is 11.5 Å². The summed E-state index contributed by atoms with van der Waals surface area (Å²) in [5.74, 6) is 1.70. The molecule has 8 nitrogen and oxygen atoms in total. The molecule has 0 fully saturated rings. The SMILES string of the molecule is COc1cccc(CC(c2ccccc2)c2nc3ccc([N+](=O)[O-])cc3c(=O)n2Cc2cccc(OC)c2)c1. The predicted octanol–water partition coefficient (Wildman–Crippen LogP) is 5.74. The fraction of sp³-hybridized carbons (Fsp3) is 0.161. The summed E-state index contributed by atoms with van der Waals surface area (Å²) in [4.78, 5) is 30.0. The first kappa shape index (κ1) is 25.7. The number of nitro groups is 1. The Balaban J connectivity index is 1.74. The van der Waals surface area contributed by atoms with Gasteiger partial charge < -0.3 is 9.47 Å². The van der Waals surface area contributed by atoms with Crippen LogP contribution in [-0.4, -0.2) is 28.7 Å². The number of benzene rings is 4. The molecule has 0 aliphatic rings. The minimum Gasteiger partial charge on any atom is -0.497 e. The molecule has 4 aromatic carbocycles. The Morgan fingerprint density at radius 3 is 2.18 bits per heavy atom. The van der Waals surface area contributed by atoms with E-state index in [9.17, 15) is 14.9 Å². The van der Waals surface area contributed by atoms with Crippen molar-refractivity contribution in [1.29, 1.82) is 0 Å². The van der Waals surface area contributed by atoms with E-state index >= 15 is 0 Å². The smallest absolute Gasteiger partial charge is 0.270 e. The van der Waals surface area contributed by atoms with E-state index in [2.05, 4.69) is 0 Å². The first-order valence-corrected chi connectivity index (χ1v) is 12.5. The second kappa shape index (κ2) is 11.2. The third kappa shape index (κ3) is 5.50. The van der Waals surface area contributed by atoms with Crippen LogP contribution in [0.2, 0.25) is 0 Å². The van der Waals surface area contributed by atoms with Crippen molar-refractivity contribution in [2.75, 3.05) is 14.2 Å². The van der Waals surface area contributed by atoms with Gasteiger partial charge in [0, 0.05) is 18.1 Å². The number of rotatable bonds is 9. The molecule has 5 aromatic rings. The molecule has 0 bridgehead atoms. The lowest BCUT2D eigenvalue weighted by atomic mass is 9.90. The number of non-ortho nitro benzene ring substituents is 1. The molecule has 1 unspecified atom stereocenters. The van der Waals surface area contributed by atoms with Gasteiger partial charge in [-0.15, -0.1) is 0 Å². The van der Waals surface area contributed by atoms with Crippen molar-refractivity contribution in [3.05, 3.63) is 140 Å². The number of nitrogens with zero attached hydrogens (tertiary/aromatic N) is 3. The molecule has 39 heavy (non-hydrogen) atoms. The van der Waals surface area contributed by atoms with Gasteiger partial charge in [-0.1, -0.05) is 54.6 Å². The average Bonchev–Trinajstić information content (AvgIpc) is 2.97. The van der Waals surface area contributed by atoms with E-state index in [1.54, 1.807) is 24.9 Å². The molecule has 0 radical (unpaired) electrons. The van der Waals surface area contributed by atoms with Gasteiger partial charge in [0.1, 0.15) is 17.3 Å². The van der Waals surface area contributed by atoms with Crippen LogP contribution in [0.25, 0.3) is 10.9 Å². The van der Waals surface area contributed by atoms with Gasteiger partial charge >= 0.3 is 0 Å². The van der Waals surface area contributed by atoms with E-state index in [1.165, 1.54) is 12.1 Å². The quantitative estimate of drug-likeness (QED) is 0.181. The summed E-state index contributed by atoms with van der Waals surface area (Å²) in [6.45, 7) is 0.221. The monoisotopic (exact) mass is 521 g/mol. The molecular weight excluding hydrogens is 494 g/mol. The fourth-order valence-corrected chi connectivity index (χ4v) is 4.79. The van der Waals surface area contributed by atoms with Crippen molar-refractivity contribution < 1.29 is 14.4 Å². The maximum atomic E-state index is 14.0. The minimum atomic E-state index is -0.505. The predicted molar refractivity (Wildman–Crippen MR) is 150 cm³/mol. The van der Waals surface area contributed by atoms with Crippen LogP contribution in [0.3, 0.4) is 0 Å². The van der Waals surface area contributed by atoms with Gasteiger partial charge in [-0.2, -0.15) is 0 Å². The van der Waals surface area contributed by atoms with Gasteiger partial charge in [-0.25, -0.2) is 4.98 Å². The molecule has 0 aliphatic heterocycles. The van der Waals surface area contributed by atoms with E-state index < -0.39 is 4.92 Å². The summed E-state index contributed by atoms with van der Waals surface area (Å²) < 4.78 is 12.5. The maximum Gasteiger partial charge on any atom is 0.270 e. The summed E-state index contributed by atoms with van der Waals surface area (Å²) in [6, 6.07) is 29.4. The minimum absolute atomic E-state index is 0.155. The Labute approximate surface area is 225 Å². The second-order valence-corrected chi connectivity index (χ2v) is 9.19. The Bertz CT molecular complexity index is 1700. The van der Waals surface area contributed by atoms with Crippen molar-refractivity contribution in [2.24, 2.45) is 0 Å². The summed E-state index contributed by atoms with van der Waals surface area (Å²) in [7, 11) is 3.22. The molecule has 0 amide bonds. The number of methoxy groups -OCH3 is 2. The average molecular weight is 522 g/mol. The summed E-state index contributed by atoms with van der Waals surface area (Å²) >= 11 is 0. The van der Waals surface area contributed by atoms with Crippen molar-refractivity contribution >= 4 is 16.6 Å². The van der Waals surface area contributed by atoms with Crippen molar-refractivity contribution in [1.82, 2.24) is 9.55 Å². The molecule has 1 aromatic heterocycles. The number of ether oxygens (including phenoxy) is 2. The Hall–Kier alpha value is -4.98. The summed E-state index contributed by atoms with van der Waals surface area (Å²) in [6.07, 6.45) is 0.560. The van der Waals surface area contributed by atoms with Crippen LogP contribution in [-0.2, 0) is 13.0 Å². The van der Waals surface area contributed by atoms with Crippen molar-refractivity contribution in [3.63, 3.8) is 0 Å². The standard InChI is InChI=1S/C31H27N3O5/c1-38-25-12-6-8-21(16-25)18-27(23-10-4-3-5-11-23)30-32-29-15-14-24(34(36)37)19-28(29)31(35)33(30)20-22-9-7-13-26(17-22)39-2/h3-17,19,27H,18,20H2,1-2H3. The van der Waals surface area contributed by atoms with Gasteiger partial charge in [-0.3, -0.25) is 19.5 Å². The molecule has 0 saturated heterocycles. The number of hydrogen-bond acceptors (Lipinski definition) is 6. The van der Waals surface area contributed by atoms with Crippen LogP contribution in [0.1, 0.15) is 28.4 Å². The summed E-state index contributed by atoms with van der Waals surface area (Å²) in [5.41, 5.74) is 2.78. The number of nitro benzene ring substituents is 1. The normalized spacial score (nSPS) is 11.7. The fourth-order valence-electron chi connectivity index (χ4n) is 4.79. The second-order valence-electron chi connectivity index (χ2n) is 9.19. The zero-order valence-corrected chi connectivity index (χ0v) is 21.6. The largest absolute Gasteiger partial charge is 0.497 e. The topological polar surface area (TPSA) is 96.5 Å². The molecule has 0 aliphatic carbocycles. The first-order valence-electron chi connectivity index (χ1n) is 12.5. The number of aromatic nitrogens is 2. The number of fused-ring (bicyclic) bond motifs is 1. The highest BCUT2D eigenvalue weighted by molar-refractivity contribution is 5.80. The van der Waals surface area contributed by atoms with Gasteiger partial charge in [0.2, 0.25) is 0 Å². The Kier molecular flexibility index (Phi) is 7.36. The molecule has 0 spiro atoms. The Morgan fingerprint density at radius 1 is 0.846 bits per heavy atom. The van der Waals surface area contributed by atoms with Crippen LogP contribution in [0.4, 0.5) is 5.69 Å². The molecule has 196 valence electrons. The molecule has 1 atom stereocenters. The maximum absolute atomic E-state index is 14.0.